The maximum Gasteiger partial charge on any atom is 0.270 e. The van der Waals surface area contributed by atoms with Gasteiger partial charge < -0.3 is 15.2 Å². The topological polar surface area (TPSA) is 129 Å². The van der Waals surface area contributed by atoms with Crippen LogP contribution in [0.1, 0.15) is 12.5 Å². The molecular formula is C17H17N4O5-. The zero-order chi connectivity index (χ0) is 19.1. The molecule has 2 N–H and O–H groups in total. The van der Waals surface area contributed by atoms with E-state index in [1.807, 2.05) is 0 Å². The lowest BCUT2D eigenvalue weighted by atomic mass is 10.2. The lowest BCUT2D eigenvalue weighted by Gasteiger charge is -2.16. The summed E-state index contributed by atoms with van der Waals surface area (Å²) in [4.78, 5) is 22.2. The van der Waals surface area contributed by atoms with Gasteiger partial charge in [-0.1, -0.05) is 23.9 Å². The van der Waals surface area contributed by atoms with E-state index in [1.165, 1.54) is 7.11 Å². The number of nitro groups is 1. The van der Waals surface area contributed by atoms with E-state index in [0.717, 1.165) is 24.4 Å². The molecule has 0 bridgehead atoms. The molecule has 0 saturated heterocycles. The normalized spacial score (nSPS) is 11.8. The Balaban J connectivity index is 2.00. The van der Waals surface area contributed by atoms with Crippen molar-refractivity contribution in [3.8, 4) is 11.5 Å². The number of nitrogens with one attached hydrogen (secondary N) is 2. The van der Waals surface area contributed by atoms with E-state index in [4.69, 9.17) is 4.74 Å². The SMILES string of the molecule is COc1ccccc1N[C@@H](C)C(=O)NN=Cc1cc([N+](=O)[O-])ccc1[O-]. The van der Waals surface area contributed by atoms with E-state index < -0.39 is 22.6 Å². The predicted molar refractivity (Wildman–Crippen MR) is 94.4 cm³/mol. The van der Waals surface area contributed by atoms with Crippen LogP contribution in [-0.4, -0.2) is 30.2 Å². The van der Waals surface area contributed by atoms with Gasteiger partial charge in [0.05, 0.1) is 23.9 Å². The van der Waals surface area contributed by atoms with E-state index >= 15 is 0 Å². The minimum Gasteiger partial charge on any atom is -0.872 e. The molecule has 1 atom stereocenters. The first-order valence-electron chi connectivity index (χ1n) is 7.60. The maximum atomic E-state index is 12.1. The van der Waals surface area contributed by atoms with E-state index in [0.29, 0.717) is 11.4 Å². The molecule has 26 heavy (non-hydrogen) atoms. The van der Waals surface area contributed by atoms with Gasteiger partial charge in [-0.2, -0.15) is 5.10 Å². The minimum atomic E-state index is -0.639. The van der Waals surface area contributed by atoms with Crippen LogP contribution in [0, 0.1) is 10.1 Å². The molecule has 0 heterocycles. The summed E-state index contributed by atoms with van der Waals surface area (Å²) in [5.74, 6) is -0.304. The number of benzene rings is 2. The third kappa shape index (κ3) is 4.69. The first-order chi connectivity index (χ1) is 12.4. The summed E-state index contributed by atoms with van der Waals surface area (Å²) in [6, 6.07) is 9.76. The molecule has 2 aromatic rings. The maximum absolute atomic E-state index is 12.1. The highest BCUT2D eigenvalue weighted by atomic mass is 16.6. The molecule has 2 rings (SSSR count). The minimum absolute atomic E-state index is 0.00448. The van der Waals surface area contributed by atoms with Crippen molar-refractivity contribution in [2.24, 2.45) is 5.10 Å². The Bertz CT molecular complexity index is 838. The van der Waals surface area contributed by atoms with Gasteiger partial charge in [0.2, 0.25) is 0 Å². The van der Waals surface area contributed by atoms with Crippen molar-refractivity contribution >= 4 is 23.5 Å². The van der Waals surface area contributed by atoms with E-state index in [1.54, 1.807) is 31.2 Å². The third-order valence-corrected chi connectivity index (χ3v) is 3.45. The molecule has 0 aliphatic rings. The first kappa shape index (κ1) is 18.7. The second kappa shape index (κ2) is 8.47. The number of amides is 1. The predicted octanol–water partition coefficient (Wildman–Crippen LogP) is 1.63. The molecule has 0 fully saturated rings. The fourth-order valence-electron chi connectivity index (χ4n) is 2.08. The number of hydrogen-bond donors (Lipinski definition) is 2. The Hall–Kier alpha value is -3.62. The number of carbonyl (C=O) groups is 1. The summed E-state index contributed by atoms with van der Waals surface area (Å²) in [6.07, 6.45) is 1.07. The zero-order valence-electron chi connectivity index (χ0n) is 14.1. The average molecular weight is 357 g/mol. The van der Waals surface area contributed by atoms with E-state index in [9.17, 15) is 20.0 Å². The van der Waals surface area contributed by atoms with Crippen molar-refractivity contribution in [3.63, 3.8) is 0 Å². The van der Waals surface area contributed by atoms with Crippen LogP contribution in [0.2, 0.25) is 0 Å². The molecule has 1 amide bonds. The van der Waals surface area contributed by atoms with E-state index in [-0.39, 0.29) is 11.3 Å². The highest BCUT2D eigenvalue weighted by Crippen LogP contribution is 2.23. The number of para-hydroxylation sites is 2. The number of nitrogens with zero attached hydrogens (tertiary/aromatic N) is 2. The zero-order valence-corrected chi connectivity index (χ0v) is 14.1. The fraction of sp³-hybridized carbons (Fsp3) is 0.176. The number of non-ortho nitro benzene ring substituents is 1. The average Bonchev–Trinajstić information content (AvgIpc) is 2.63. The van der Waals surface area contributed by atoms with Gasteiger partial charge in [-0.3, -0.25) is 14.9 Å². The van der Waals surface area contributed by atoms with Crippen molar-refractivity contribution in [1.82, 2.24) is 5.43 Å². The molecule has 9 heteroatoms. The van der Waals surface area contributed by atoms with Crippen LogP contribution >= 0.6 is 0 Å². The number of hydrazone groups is 1. The van der Waals surface area contributed by atoms with Crippen LogP contribution in [-0.2, 0) is 4.79 Å². The standard InChI is InChI=1S/C17H18N4O5/c1-11(19-14-5-3-4-6-16(14)26-2)17(23)20-18-10-12-9-13(21(24)25)7-8-15(12)22/h3-11,19,22H,1-2H3,(H,20,23)/p-1/t11-/m0/s1. The summed E-state index contributed by atoms with van der Waals surface area (Å²) in [6.45, 7) is 1.63. The number of hydrogen-bond acceptors (Lipinski definition) is 7. The van der Waals surface area contributed by atoms with Crippen LogP contribution in [0.3, 0.4) is 0 Å². The van der Waals surface area contributed by atoms with Gasteiger partial charge >= 0.3 is 0 Å². The van der Waals surface area contributed by atoms with Crippen molar-refractivity contribution in [3.05, 3.63) is 58.1 Å². The van der Waals surface area contributed by atoms with Gasteiger partial charge in [0.15, 0.2) is 0 Å². The number of nitro benzene ring substituents is 1. The van der Waals surface area contributed by atoms with Crippen molar-refractivity contribution in [2.45, 2.75) is 13.0 Å². The molecule has 0 saturated carbocycles. The number of ether oxygens (including phenoxy) is 1. The molecule has 2 aromatic carbocycles. The number of rotatable bonds is 7. The summed E-state index contributed by atoms with van der Waals surface area (Å²) in [7, 11) is 1.52. The molecule has 0 spiro atoms. The van der Waals surface area contributed by atoms with Crippen LogP contribution in [0.25, 0.3) is 0 Å². The van der Waals surface area contributed by atoms with Gasteiger partial charge in [0.1, 0.15) is 11.8 Å². The summed E-state index contributed by atoms with van der Waals surface area (Å²) in [5, 5.41) is 29.1. The van der Waals surface area contributed by atoms with Crippen LogP contribution in [0.4, 0.5) is 11.4 Å². The summed E-state index contributed by atoms with van der Waals surface area (Å²) >= 11 is 0. The second-order valence-corrected chi connectivity index (χ2v) is 5.28. The molecule has 0 aliphatic carbocycles. The van der Waals surface area contributed by atoms with Gasteiger partial charge in [-0.25, -0.2) is 5.43 Å². The lowest BCUT2D eigenvalue weighted by molar-refractivity contribution is -0.385. The van der Waals surface area contributed by atoms with Crippen LogP contribution < -0.4 is 20.6 Å². The van der Waals surface area contributed by atoms with Crippen LogP contribution in [0.5, 0.6) is 11.5 Å². The van der Waals surface area contributed by atoms with Crippen molar-refractivity contribution in [1.29, 1.82) is 0 Å². The smallest absolute Gasteiger partial charge is 0.270 e. The summed E-state index contributed by atoms with van der Waals surface area (Å²) < 4.78 is 5.20. The Labute approximate surface area is 149 Å². The molecule has 0 aromatic heterocycles. The molecule has 9 nitrogen and oxygen atoms in total. The highest BCUT2D eigenvalue weighted by Gasteiger charge is 2.13. The van der Waals surface area contributed by atoms with Crippen molar-refractivity contribution < 1.29 is 19.6 Å². The Morgan fingerprint density at radius 3 is 2.73 bits per heavy atom. The molecular weight excluding hydrogens is 340 g/mol. The second-order valence-electron chi connectivity index (χ2n) is 5.28. The monoisotopic (exact) mass is 357 g/mol. The summed E-state index contributed by atoms with van der Waals surface area (Å²) in [5.41, 5.74) is 2.70. The molecule has 0 aliphatic heterocycles. The van der Waals surface area contributed by atoms with Gasteiger partial charge in [0.25, 0.3) is 11.6 Å². The van der Waals surface area contributed by atoms with Crippen molar-refractivity contribution in [2.75, 3.05) is 12.4 Å². The Kier molecular flexibility index (Phi) is 6.10. The van der Waals surface area contributed by atoms with Gasteiger partial charge in [-0.15, -0.1) is 0 Å². The number of anilines is 1. The van der Waals surface area contributed by atoms with Crippen LogP contribution in [0.15, 0.2) is 47.6 Å². The van der Waals surface area contributed by atoms with Gasteiger partial charge in [-0.05, 0) is 24.6 Å². The first-order valence-corrected chi connectivity index (χ1v) is 7.60. The Morgan fingerprint density at radius 2 is 2.04 bits per heavy atom. The quantitative estimate of drug-likeness (QED) is 0.440. The van der Waals surface area contributed by atoms with Gasteiger partial charge in [0, 0.05) is 12.1 Å². The van der Waals surface area contributed by atoms with E-state index in [2.05, 4.69) is 15.8 Å². The molecule has 136 valence electrons. The molecule has 0 radical (unpaired) electrons. The number of carbonyl (C=O) groups excluding carboxylic acids is 1. The largest absolute Gasteiger partial charge is 0.872 e. The molecule has 0 unspecified atom stereocenters. The lowest BCUT2D eigenvalue weighted by Crippen LogP contribution is -2.35. The fourth-order valence-corrected chi connectivity index (χ4v) is 2.08. The highest BCUT2D eigenvalue weighted by molar-refractivity contribution is 5.88. The number of methoxy groups -OCH3 is 1. The third-order valence-electron chi connectivity index (χ3n) is 3.45. The Morgan fingerprint density at radius 1 is 1.31 bits per heavy atom.